The third kappa shape index (κ3) is 2.61. The largest absolute Gasteiger partial charge is 0.317 e. The summed E-state index contributed by atoms with van der Waals surface area (Å²) in [4.78, 5) is 12.6. The Balaban J connectivity index is 1.95. The zero-order valence-corrected chi connectivity index (χ0v) is 11.4. The van der Waals surface area contributed by atoms with Crippen LogP contribution in [0.3, 0.4) is 0 Å². The summed E-state index contributed by atoms with van der Waals surface area (Å²) < 4.78 is 1.62. The van der Waals surface area contributed by atoms with Crippen LogP contribution in [0.25, 0.3) is 5.69 Å². The summed E-state index contributed by atoms with van der Waals surface area (Å²) in [5.74, 6) is -0.150. The van der Waals surface area contributed by atoms with Crippen LogP contribution in [-0.2, 0) is 0 Å². The average molecular weight is 277 g/mol. The molecule has 4 nitrogen and oxygen atoms in total. The molecule has 0 aliphatic heterocycles. The molecule has 4 heteroatoms. The first-order valence-electron chi connectivity index (χ1n) is 6.71. The monoisotopic (exact) mass is 277 g/mol. The lowest BCUT2D eigenvalue weighted by atomic mass is 10.0. The van der Waals surface area contributed by atoms with Crippen molar-refractivity contribution in [2.45, 2.75) is 6.04 Å². The van der Waals surface area contributed by atoms with Crippen molar-refractivity contribution in [3.05, 3.63) is 84.2 Å². The highest BCUT2D eigenvalue weighted by molar-refractivity contribution is 5.99. The molecule has 0 saturated heterocycles. The topological polar surface area (TPSA) is 60.9 Å². The highest BCUT2D eigenvalue weighted by Crippen LogP contribution is 2.18. The lowest BCUT2D eigenvalue weighted by Gasteiger charge is -2.12. The Labute approximate surface area is 122 Å². The molecular formula is C17H15N3O. The predicted octanol–water partition coefficient (Wildman–Crippen LogP) is 2.76. The summed E-state index contributed by atoms with van der Waals surface area (Å²) in [6.07, 6.45) is 1.61. The molecule has 2 N–H and O–H groups in total. The molecule has 0 radical (unpaired) electrons. The normalized spacial score (nSPS) is 12.0. The number of carbonyl (C=O) groups excluding carboxylic acids is 1. The van der Waals surface area contributed by atoms with Crippen LogP contribution in [0.15, 0.2) is 72.9 Å². The van der Waals surface area contributed by atoms with Crippen molar-refractivity contribution >= 4 is 5.78 Å². The molecule has 0 aliphatic rings. The number of hydrogen-bond donors (Lipinski definition) is 1. The van der Waals surface area contributed by atoms with Crippen molar-refractivity contribution in [2.75, 3.05) is 0 Å². The second-order valence-electron chi connectivity index (χ2n) is 4.72. The van der Waals surface area contributed by atoms with Crippen molar-refractivity contribution in [3.8, 4) is 5.69 Å². The quantitative estimate of drug-likeness (QED) is 0.746. The van der Waals surface area contributed by atoms with Crippen molar-refractivity contribution in [2.24, 2.45) is 5.73 Å². The SMILES string of the molecule is N[C@@H](C(=O)c1ccnn1-c1ccccc1)c1ccccc1. The lowest BCUT2D eigenvalue weighted by molar-refractivity contribution is 0.0953. The molecule has 104 valence electrons. The first-order chi connectivity index (χ1) is 10.3. The fraction of sp³-hybridized carbons (Fsp3) is 0.0588. The van der Waals surface area contributed by atoms with Crippen LogP contribution in [0.5, 0.6) is 0 Å². The van der Waals surface area contributed by atoms with Gasteiger partial charge in [0.1, 0.15) is 5.69 Å². The number of Topliss-reactive ketones (excluding diaryl/α,β-unsaturated/α-hetero) is 1. The van der Waals surface area contributed by atoms with Gasteiger partial charge in [0, 0.05) is 0 Å². The lowest BCUT2D eigenvalue weighted by Crippen LogP contribution is -2.23. The third-order valence-corrected chi connectivity index (χ3v) is 3.34. The van der Waals surface area contributed by atoms with Gasteiger partial charge in [0.25, 0.3) is 0 Å². The highest BCUT2D eigenvalue weighted by atomic mass is 16.1. The molecule has 1 heterocycles. The zero-order valence-electron chi connectivity index (χ0n) is 11.4. The number of aromatic nitrogens is 2. The van der Waals surface area contributed by atoms with Gasteiger partial charge in [-0.15, -0.1) is 0 Å². The summed E-state index contributed by atoms with van der Waals surface area (Å²) in [6, 6.07) is 19.9. The second kappa shape index (κ2) is 5.73. The van der Waals surface area contributed by atoms with E-state index in [2.05, 4.69) is 5.10 Å². The maximum Gasteiger partial charge on any atom is 0.202 e. The number of benzene rings is 2. The van der Waals surface area contributed by atoms with Gasteiger partial charge in [0.15, 0.2) is 0 Å². The molecule has 0 saturated carbocycles. The van der Waals surface area contributed by atoms with Gasteiger partial charge in [-0.3, -0.25) is 4.79 Å². The van der Waals surface area contributed by atoms with Gasteiger partial charge in [-0.2, -0.15) is 5.10 Å². The molecule has 0 amide bonds. The maximum absolute atomic E-state index is 12.6. The molecule has 3 aromatic rings. The molecular weight excluding hydrogens is 262 g/mol. The summed E-state index contributed by atoms with van der Waals surface area (Å²) in [5.41, 5.74) is 8.20. The molecule has 3 rings (SSSR count). The molecule has 0 bridgehead atoms. The average Bonchev–Trinajstić information content (AvgIpc) is 3.04. The van der Waals surface area contributed by atoms with Crippen LogP contribution in [0.1, 0.15) is 22.1 Å². The van der Waals surface area contributed by atoms with Crippen LogP contribution >= 0.6 is 0 Å². The van der Waals surface area contributed by atoms with E-state index in [0.29, 0.717) is 5.69 Å². The van der Waals surface area contributed by atoms with E-state index in [1.807, 2.05) is 60.7 Å². The van der Waals surface area contributed by atoms with Crippen LogP contribution in [0.2, 0.25) is 0 Å². The second-order valence-corrected chi connectivity index (χ2v) is 4.72. The number of carbonyl (C=O) groups is 1. The molecule has 0 fully saturated rings. The molecule has 1 aromatic heterocycles. The number of rotatable bonds is 4. The van der Waals surface area contributed by atoms with E-state index in [1.165, 1.54) is 0 Å². The molecule has 1 atom stereocenters. The van der Waals surface area contributed by atoms with Crippen LogP contribution in [0, 0.1) is 0 Å². The van der Waals surface area contributed by atoms with Crippen molar-refractivity contribution in [1.82, 2.24) is 9.78 Å². The predicted molar refractivity (Wildman–Crippen MR) is 81.3 cm³/mol. The minimum atomic E-state index is -0.689. The van der Waals surface area contributed by atoms with Gasteiger partial charge >= 0.3 is 0 Å². The molecule has 0 unspecified atom stereocenters. The standard InChI is InChI=1S/C17H15N3O/c18-16(13-7-3-1-4-8-13)17(21)15-11-12-19-20(15)14-9-5-2-6-10-14/h1-12,16H,18H2/t16-/m1/s1. The Bertz CT molecular complexity index is 735. The summed E-state index contributed by atoms with van der Waals surface area (Å²) in [5, 5.41) is 4.22. The zero-order chi connectivity index (χ0) is 14.7. The summed E-state index contributed by atoms with van der Waals surface area (Å²) in [7, 11) is 0. The fourth-order valence-corrected chi connectivity index (χ4v) is 2.24. The highest BCUT2D eigenvalue weighted by Gasteiger charge is 2.21. The van der Waals surface area contributed by atoms with Gasteiger partial charge in [-0.1, -0.05) is 48.5 Å². The van der Waals surface area contributed by atoms with E-state index in [9.17, 15) is 4.79 Å². The third-order valence-electron chi connectivity index (χ3n) is 3.34. The molecule has 0 spiro atoms. The molecule has 0 aliphatic carbocycles. The molecule has 21 heavy (non-hydrogen) atoms. The van der Waals surface area contributed by atoms with Gasteiger partial charge in [0.2, 0.25) is 5.78 Å². The van der Waals surface area contributed by atoms with E-state index >= 15 is 0 Å². The minimum absolute atomic E-state index is 0.150. The minimum Gasteiger partial charge on any atom is -0.317 e. The van der Waals surface area contributed by atoms with E-state index in [0.717, 1.165) is 11.3 Å². The van der Waals surface area contributed by atoms with E-state index in [4.69, 9.17) is 5.73 Å². The Kier molecular flexibility index (Phi) is 3.62. The van der Waals surface area contributed by atoms with E-state index in [-0.39, 0.29) is 5.78 Å². The van der Waals surface area contributed by atoms with Crippen LogP contribution < -0.4 is 5.73 Å². The summed E-state index contributed by atoms with van der Waals surface area (Å²) >= 11 is 0. The van der Waals surface area contributed by atoms with Gasteiger partial charge in [-0.05, 0) is 23.8 Å². The Morgan fingerprint density at radius 2 is 1.57 bits per heavy atom. The summed E-state index contributed by atoms with van der Waals surface area (Å²) in [6.45, 7) is 0. The van der Waals surface area contributed by atoms with Gasteiger partial charge in [-0.25, -0.2) is 4.68 Å². The number of hydrogen-bond acceptors (Lipinski definition) is 3. The van der Waals surface area contributed by atoms with Gasteiger partial charge < -0.3 is 5.73 Å². The van der Waals surface area contributed by atoms with Gasteiger partial charge in [0.05, 0.1) is 17.9 Å². The van der Waals surface area contributed by atoms with Crippen LogP contribution in [0.4, 0.5) is 0 Å². The van der Waals surface area contributed by atoms with Crippen LogP contribution in [-0.4, -0.2) is 15.6 Å². The number of nitrogens with zero attached hydrogens (tertiary/aromatic N) is 2. The molecule has 2 aromatic carbocycles. The van der Waals surface area contributed by atoms with Crippen molar-refractivity contribution in [3.63, 3.8) is 0 Å². The fourth-order valence-electron chi connectivity index (χ4n) is 2.24. The number of nitrogens with two attached hydrogens (primary N) is 1. The number of para-hydroxylation sites is 1. The Hall–Kier alpha value is -2.72. The first kappa shape index (κ1) is 13.3. The van der Waals surface area contributed by atoms with Crippen molar-refractivity contribution in [1.29, 1.82) is 0 Å². The first-order valence-corrected chi connectivity index (χ1v) is 6.71. The Morgan fingerprint density at radius 1 is 0.952 bits per heavy atom. The maximum atomic E-state index is 12.6. The van der Waals surface area contributed by atoms with Crippen molar-refractivity contribution < 1.29 is 4.79 Å². The smallest absolute Gasteiger partial charge is 0.202 e. The van der Waals surface area contributed by atoms with E-state index in [1.54, 1.807) is 16.9 Å². The number of ketones is 1. The Morgan fingerprint density at radius 3 is 2.24 bits per heavy atom. The van der Waals surface area contributed by atoms with E-state index < -0.39 is 6.04 Å².